The average Bonchev–Trinajstić information content (AvgIpc) is 3.55. The Balaban J connectivity index is 1.54. The summed E-state index contributed by atoms with van der Waals surface area (Å²) < 4.78 is 20.7. The Labute approximate surface area is 206 Å². The minimum absolute atomic E-state index is 0.00632. The summed E-state index contributed by atoms with van der Waals surface area (Å²) in [4.78, 5) is 30.3. The van der Waals surface area contributed by atoms with Crippen LogP contribution in [0.3, 0.4) is 0 Å². The molecule has 6 nitrogen and oxygen atoms in total. The third-order valence-electron chi connectivity index (χ3n) is 6.78. The van der Waals surface area contributed by atoms with E-state index in [4.69, 9.17) is 4.42 Å². The molecule has 4 rings (SSSR count). The fourth-order valence-corrected chi connectivity index (χ4v) is 4.79. The van der Waals surface area contributed by atoms with Gasteiger partial charge < -0.3 is 18.8 Å². The zero-order chi connectivity index (χ0) is 24.8. The quantitative estimate of drug-likeness (QED) is 0.408. The van der Waals surface area contributed by atoms with Gasteiger partial charge in [-0.15, -0.1) is 0 Å². The van der Waals surface area contributed by atoms with E-state index in [2.05, 4.69) is 4.57 Å². The van der Waals surface area contributed by atoms with Crippen molar-refractivity contribution in [3.8, 4) is 0 Å². The van der Waals surface area contributed by atoms with Crippen molar-refractivity contribution >= 4 is 11.8 Å². The van der Waals surface area contributed by atoms with Gasteiger partial charge in [0.25, 0.3) is 5.91 Å². The highest BCUT2D eigenvalue weighted by Gasteiger charge is 2.30. The van der Waals surface area contributed by atoms with Gasteiger partial charge in [-0.2, -0.15) is 0 Å². The van der Waals surface area contributed by atoms with E-state index >= 15 is 0 Å². The van der Waals surface area contributed by atoms with Gasteiger partial charge in [0.2, 0.25) is 5.91 Å². The lowest BCUT2D eigenvalue weighted by atomic mass is 9.94. The molecule has 7 heteroatoms. The van der Waals surface area contributed by atoms with E-state index < -0.39 is 0 Å². The van der Waals surface area contributed by atoms with Crippen LogP contribution in [0, 0.1) is 5.82 Å². The predicted molar refractivity (Wildman–Crippen MR) is 132 cm³/mol. The molecule has 1 saturated carbocycles. The number of rotatable bonds is 9. The first-order valence-electron chi connectivity index (χ1n) is 12.4. The van der Waals surface area contributed by atoms with Crippen LogP contribution < -0.4 is 0 Å². The Morgan fingerprint density at radius 3 is 2.46 bits per heavy atom. The smallest absolute Gasteiger partial charge is 0.290 e. The Morgan fingerprint density at radius 2 is 1.80 bits per heavy atom. The first-order valence-corrected chi connectivity index (χ1v) is 12.4. The van der Waals surface area contributed by atoms with Crippen molar-refractivity contribution in [2.75, 3.05) is 6.54 Å². The first-order chi connectivity index (χ1) is 16.9. The zero-order valence-corrected chi connectivity index (χ0v) is 20.5. The Kier molecular flexibility index (Phi) is 8.06. The Morgan fingerprint density at radius 1 is 1.06 bits per heavy atom. The number of amides is 2. The summed E-state index contributed by atoms with van der Waals surface area (Å²) in [5, 5.41) is 0. The summed E-state index contributed by atoms with van der Waals surface area (Å²) in [5.41, 5.74) is 2.01. The predicted octanol–water partition coefficient (Wildman–Crippen LogP) is 5.48. The molecule has 1 fully saturated rings. The summed E-state index contributed by atoms with van der Waals surface area (Å²) in [6.07, 6.45) is 8.79. The van der Waals surface area contributed by atoms with Crippen LogP contribution in [-0.4, -0.2) is 44.8 Å². The number of nitrogens with zero attached hydrogens (tertiary/aromatic N) is 3. The highest BCUT2D eigenvalue weighted by Crippen LogP contribution is 2.25. The number of carbonyl (C=O) groups is 2. The molecule has 0 N–H and O–H groups in total. The molecule has 0 atom stereocenters. The highest BCUT2D eigenvalue weighted by molar-refractivity contribution is 5.94. The van der Waals surface area contributed by atoms with E-state index in [0.29, 0.717) is 13.1 Å². The normalized spacial score (nSPS) is 14.3. The topological polar surface area (TPSA) is 58.7 Å². The van der Waals surface area contributed by atoms with E-state index in [0.717, 1.165) is 36.9 Å². The molecular weight excluding hydrogens is 445 g/mol. The van der Waals surface area contributed by atoms with Gasteiger partial charge in [0, 0.05) is 30.5 Å². The maximum Gasteiger partial charge on any atom is 0.290 e. The van der Waals surface area contributed by atoms with Crippen LogP contribution in [0.25, 0.3) is 0 Å². The molecule has 2 heterocycles. The second-order valence-electron chi connectivity index (χ2n) is 9.57. The number of furan rings is 1. The lowest BCUT2D eigenvalue weighted by Crippen LogP contribution is -2.49. The van der Waals surface area contributed by atoms with E-state index in [1.54, 1.807) is 29.2 Å². The molecular formula is C28H34FN3O3. The van der Waals surface area contributed by atoms with Crippen molar-refractivity contribution in [1.29, 1.82) is 0 Å². The van der Waals surface area contributed by atoms with Crippen molar-refractivity contribution < 1.29 is 18.4 Å². The molecule has 186 valence electrons. The standard InChI is InChI=1S/C28H34FN3O3/c1-21(2)31(28(34)26-11-7-17-35-26)20-27(33)32(24-8-4-3-5-9-24)19-25-10-6-16-30(25)18-22-12-14-23(29)15-13-22/h6-7,10-17,21,24H,3-5,8-9,18-20H2,1-2H3. The summed E-state index contributed by atoms with van der Waals surface area (Å²) in [5.74, 6) is -0.347. The van der Waals surface area contributed by atoms with Crippen LogP contribution in [0.4, 0.5) is 4.39 Å². The van der Waals surface area contributed by atoms with E-state index in [1.165, 1.54) is 24.8 Å². The van der Waals surface area contributed by atoms with Crippen molar-refractivity contribution in [2.24, 2.45) is 0 Å². The SMILES string of the molecule is CC(C)N(CC(=O)N(Cc1cccn1Cc1ccc(F)cc1)C1CCCCC1)C(=O)c1ccco1. The molecule has 2 aromatic heterocycles. The minimum atomic E-state index is -0.276. The molecule has 3 aromatic rings. The molecule has 0 aliphatic heterocycles. The molecule has 0 radical (unpaired) electrons. The van der Waals surface area contributed by atoms with Crippen molar-refractivity contribution in [3.63, 3.8) is 0 Å². The van der Waals surface area contributed by atoms with Crippen molar-refractivity contribution in [3.05, 3.63) is 83.8 Å². The summed E-state index contributed by atoms with van der Waals surface area (Å²) >= 11 is 0. The van der Waals surface area contributed by atoms with Crippen LogP contribution >= 0.6 is 0 Å². The number of carbonyl (C=O) groups excluding carboxylic acids is 2. The van der Waals surface area contributed by atoms with Gasteiger partial charge in [-0.05, 0) is 68.7 Å². The fraction of sp³-hybridized carbons (Fsp3) is 0.429. The van der Waals surface area contributed by atoms with Gasteiger partial charge in [-0.3, -0.25) is 9.59 Å². The van der Waals surface area contributed by atoms with Crippen LogP contribution in [0.5, 0.6) is 0 Å². The molecule has 0 saturated heterocycles. The van der Waals surface area contributed by atoms with Crippen molar-refractivity contribution in [1.82, 2.24) is 14.4 Å². The van der Waals surface area contributed by atoms with Gasteiger partial charge in [-0.25, -0.2) is 4.39 Å². The summed E-state index contributed by atoms with van der Waals surface area (Å²) in [7, 11) is 0. The lowest BCUT2D eigenvalue weighted by Gasteiger charge is -2.36. The van der Waals surface area contributed by atoms with E-state index in [1.807, 2.05) is 37.1 Å². The van der Waals surface area contributed by atoms with Gasteiger partial charge in [0.1, 0.15) is 12.4 Å². The first kappa shape index (κ1) is 24.8. The van der Waals surface area contributed by atoms with Crippen LogP contribution in [0.2, 0.25) is 0 Å². The van der Waals surface area contributed by atoms with Gasteiger partial charge in [0.05, 0.1) is 12.8 Å². The number of hydrogen-bond donors (Lipinski definition) is 0. The van der Waals surface area contributed by atoms with Crippen molar-refractivity contribution in [2.45, 2.75) is 71.1 Å². The number of benzene rings is 1. The average molecular weight is 480 g/mol. The largest absolute Gasteiger partial charge is 0.459 e. The maximum atomic E-state index is 13.7. The second-order valence-corrected chi connectivity index (χ2v) is 9.57. The Hall–Kier alpha value is -3.35. The zero-order valence-electron chi connectivity index (χ0n) is 20.5. The van der Waals surface area contributed by atoms with Gasteiger partial charge in [0.15, 0.2) is 5.76 Å². The molecule has 0 bridgehead atoms. The molecule has 0 spiro atoms. The molecule has 1 aliphatic rings. The van der Waals surface area contributed by atoms with E-state index in [9.17, 15) is 14.0 Å². The molecule has 1 aliphatic carbocycles. The third-order valence-corrected chi connectivity index (χ3v) is 6.78. The molecule has 35 heavy (non-hydrogen) atoms. The molecule has 0 unspecified atom stereocenters. The summed E-state index contributed by atoms with van der Waals surface area (Å²) in [6.45, 7) is 4.90. The maximum absolute atomic E-state index is 13.7. The highest BCUT2D eigenvalue weighted by atomic mass is 19.1. The van der Waals surface area contributed by atoms with Crippen LogP contribution in [-0.2, 0) is 17.9 Å². The fourth-order valence-electron chi connectivity index (χ4n) is 4.79. The number of halogens is 1. The van der Waals surface area contributed by atoms with Crippen LogP contribution in [0.15, 0.2) is 65.4 Å². The molecule has 1 aromatic carbocycles. The van der Waals surface area contributed by atoms with Crippen LogP contribution in [0.1, 0.15) is 67.8 Å². The second kappa shape index (κ2) is 11.4. The monoisotopic (exact) mass is 479 g/mol. The Bertz CT molecular complexity index is 1100. The van der Waals surface area contributed by atoms with E-state index in [-0.39, 0.29) is 42.0 Å². The van der Waals surface area contributed by atoms with Gasteiger partial charge >= 0.3 is 0 Å². The minimum Gasteiger partial charge on any atom is -0.459 e. The van der Waals surface area contributed by atoms with Gasteiger partial charge in [-0.1, -0.05) is 31.4 Å². The number of aromatic nitrogens is 1. The lowest BCUT2D eigenvalue weighted by molar-refractivity contribution is -0.136. The third kappa shape index (κ3) is 6.21. The number of hydrogen-bond acceptors (Lipinski definition) is 3. The molecule has 2 amide bonds. The summed E-state index contributed by atoms with van der Waals surface area (Å²) in [6, 6.07) is 13.8.